The number of nitrogens with zero attached hydrogens (tertiary/aromatic N) is 4. The molecule has 2 saturated heterocycles. The minimum atomic E-state index is -0.790. The second kappa shape index (κ2) is 19.6. The second-order valence-corrected chi connectivity index (χ2v) is 17.8. The Hall–Kier alpha value is -6.42. The van der Waals surface area contributed by atoms with E-state index >= 15 is 0 Å². The third-order valence-corrected chi connectivity index (χ3v) is 14.0. The summed E-state index contributed by atoms with van der Waals surface area (Å²) in [5.41, 5.74) is 6.45. The quantitative estimate of drug-likeness (QED) is 0.0786. The van der Waals surface area contributed by atoms with Crippen LogP contribution in [0.1, 0.15) is 102 Å². The molecule has 3 aliphatic rings. The fourth-order valence-corrected chi connectivity index (χ4v) is 10.2. The molecule has 0 radical (unpaired) electrons. The Labute approximate surface area is 385 Å². The molecule has 7 atom stereocenters. The third-order valence-electron chi connectivity index (χ3n) is 14.0. The number of alkyl carbamates (subject to hydrolysis) is 2. The van der Waals surface area contributed by atoms with Crippen LogP contribution in [0, 0.1) is 11.8 Å². The zero-order valence-corrected chi connectivity index (χ0v) is 38.9. The van der Waals surface area contributed by atoms with Crippen LogP contribution >= 0.6 is 0 Å². The molecular weight excluding hydrogens is 841 g/mol. The van der Waals surface area contributed by atoms with Crippen LogP contribution in [0.25, 0.3) is 44.2 Å². The number of likely N-dealkylation sites (tertiary alicyclic amines) is 1. The molecule has 2 fully saturated rings. The molecule has 4 amide bonds. The van der Waals surface area contributed by atoms with Gasteiger partial charge in [0.15, 0.2) is 0 Å². The molecule has 0 aliphatic carbocycles. The van der Waals surface area contributed by atoms with E-state index in [0.717, 1.165) is 68.3 Å². The first-order valence-corrected chi connectivity index (χ1v) is 23.2. The number of aromatic amines is 2. The predicted molar refractivity (Wildman–Crippen MR) is 250 cm³/mol. The Balaban J connectivity index is 1.06. The van der Waals surface area contributed by atoms with Gasteiger partial charge in [0.2, 0.25) is 11.8 Å². The van der Waals surface area contributed by atoms with Gasteiger partial charge in [-0.1, -0.05) is 51.5 Å². The van der Waals surface area contributed by atoms with Gasteiger partial charge < -0.3 is 49.3 Å². The minimum Gasteiger partial charge on any atom is -0.488 e. The molecule has 8 rings (SSSR count). The zero-order valence-electron chi connectivity index (χ0n) is 38.9. The molecule has 66 heavy (non-hydrogen) atoms. The van der Waals surface area contributed by atoms with Gasteiger partial charge in [-0.25, -0.2) is 19.6 Å². The van der Waals surface area contributed by atoms with E-state index in [0.29, 0.717) is 57.2 Å². The number of carbonyl (C=O) groups excluding carboxylic acids is 4. The number of rotatable bonds is 14. The van der Waals surface area contributed by atoms with Crippen LogP contribution in [0.15, 0.2) is 61.3 Å². The van der Waals surface area contributed by atoms with Crippen LogP contribution in [0.5, 0.6) is 5.75 Å². The van der Waals surface area contributed by atoms with E-state index in [1.165, 1.54) is 14.2 Å². The summed E-state index contributed by atoms with van der Waals surface area (Å²) < 4.78 is 21.8. The number of fused-ring (bicyclic) bond motifs is 6. The van der Waals surface area contributed by atoms with E-state index in [-0.39, 0.29) is 41.8 Å². The zero-order chi connectivity index (χ0) is 46.8. The average Bonchev–Trinajstić information content (AvgIpc) is 4.13. The second-order valence-electron chi connectivity index (χ2n) is 17.8. The van der Waals surface area contributed by atoms with E-state index in [1.54, 1.807) is 19.2 Å². The number of hydrogen-bond donors (Lipinski definition) is 4. The first-order chi connectivity index (χ1) is 31.9. The summed E-state index contributed by atoms with van der Waals surface area (Å²) in [4.78, 5) is 73.7. The number of methoxy groups -OCH3 is 2. The summed E-state index contributed by atoms with van der Waals surface area (Å²) in [7, 11) is 2.58. The average molecular weight is 903 g/mol. The monoisotopic (exact) mass is 902 g/mol. The van der Waals surface area contributed by atoms with Crippen molar-refractivity contribution in [2.24, 2.45) is 11.8 Å². The highest BCUT2D eigenvalue weighted by Gasteiger charge is 2.44. The molecule has 4 N–H and O–H groups in total. The van der Waals surface area contributed by atoms with E-state index in [4.69, 9.17) is 28.9 Å². The lowest BCUT2D eigenvalue weighted by atomic mass is 9.90. The van der Waals surface area contributed by atoms with E-state index in [2.05, 4.69) is 84.3 Å². The fraction of sp³-hybridized carbons (Fsp3) is 0.480. The molecule has 0 saturated carbocycles. The summed E-state index contributed by atoms with van der Waals surface area (Å²) in [6.45, 7) is 15.4. The standard InChI is InChI=1S/C50H62N8O8/c1-9-27(4)40(11-3)57(47(59)28(5)52-49(61)63-7)29(6)45-51-25-39(54-45)32-12-15-35-33(22-32)26-66-42-24-36-31(23-37(35)42)13-16-38-44(36)55-46(53-38)41-17-14-34(10-2)58(41)48(60)43(56-50(62)64-8)30-18-20-65-21-19-30/h10,12-13,15-16,22-25,27-30,34,40-41,43H,2,9,11,14,17-21,26H2,1,3-8H3,(H,51,54)(H,52,61)(H,53,55)(H,56,62)/t27?,28-,29-,34-,40+,41-,43-/m0/s1. The van der Waals surface area contributed by atoms with Crippen molar-refractivity contribution in [3.05, 3.63) is 78.5 Å². The van der Waals surface area contributed by atoms with E-state index in [1.807, 2.05) is 22.8 Å². The summed E-state index contributed by atoms with van der Waals surface area (Å²) >= 11 is 0. The highest BCUT2D eigenvalue weighted by Crippen LogP contribution is 2.44. The lowest BCUT2D eigenvalue weighted by Gasteiger charge is -2.40. The van der Waals surface area contributed by atoms with Gasteiger partial charge in [-0.15, -0.1) is 6.58 Å². The normalized spacial score (nSPS) is 19.4. The number of carbonyl (C=O) groups is 4. The van der Waals surface area contributed by atoms with Crippen molar-refractivity contribution in [1.82, 2.24) is 40.4 Å². The van der Waals surface area contributed by atoms with Crippen molar-refractivity contribution in [3.8, 4) is 28.1 Å². The van der Waals surface area contributed by atoms with Gasteiger partial charge in [-0.3, -0.25) is 9.59 Å². The smallest absolute Gasteiger partial charge is 0.407 e. The Kier molecular flexibility index (Phi) is 13.7. The number of imidazole rings is 2. The number of nitrogens with one attached hydrogen (secondary N) is 4. The largest absolute Gasteiger partial charge is 0.488 e. The van der Waals surface area contributed by atoms with Crippen LogP contribution in [0.4, 0.5) is 9.59 Å². The molecule has 5 heterocycles. The topological polar surface area (TPSA) is 193 Å². The highest BCUT2D eigenvalue weighted by molar-refractivity contribution is 6.07. The number of benzene rings is 3. The number of H-pyrrole nitrogens is 2. The Morgan fingerprint density at radius 1 is 0.939 bits per heavy atom. The molecule has 350 valence electrons. The number of amides is 4. The molecule has 1 unspecified atom stereocenters. The third kappa shape index (κ3) is 8.82. The Morgan fingerprint density at radius 2 is 1.70 bits per heavy atom. The first kappa shape index (κ1) is 46.1. The van der Waals surface area contributed by atoms with Gasteiger partial charge >= 0.3 is 12.2 Å². The minimum absolute atomic E-state index is 0.0756. The molecular formula is C50H62N8O8. The predicted octanol–water partition coefficient (Wildman–Crippen LogP) is 8.49. The van der Waals surface area contributed by atoms with Crippen molar-refractivity contribution in [3.63, 3.8) is 0 Å². The molecule has 5 aromatic rings. The summed E-state index contributed by atoms with van der Waals surface area (Å²) in [6, 6.07) is 12.0. The van der Waals surface area contributed by atoms with Crippen molar-refractivity contribution in [2.75, 3.05) is 27.4 Å². The fourth-order valence-electron chi connectivity index (χ4n) is 10.2. The molecule has 16 nitrogen and oxygen atoms in total. The van der Waals surface area contributed by atoms with Crippen LogP contribution in [-0.2, 0) is 30.4 Å². The SMILES string of the molecule is C=C[C@H]1CC[C@@H](c2nc3ccc4cc5c(cc4c3[nH]2)OCc2cc(-c3cnc([C@H](C)N(C(=O)[C@H](C)NC(=O)OC)[C@H](CC)C(C)CC)[nH]3)ccc2-5)N1C(=O)[C@@H](NC(=O)OC)C1CCOCC1. The maximum absolute atomic E-state index is 14.5. The van der Waals surface area contributed by atoms with Gasteiger partial charge in [0.1, 0.15) is 36.1 Å². The van der Waals surface area contributed by atoms with Gasteiger partial charge in [-0.2, -0.15) is 0 Å². The van der Waals surface area contributed by atoms with E-state index in [9.17, 15) is 19.2 Å². The number of aromatic nitrogens is 4. The van der Waals surface area contributed by atoms with Gasteiger partial charge in [-0.05, 0) is 104 Å². The van der Waals surface area contributed by atoms with Crippen LogP contribution in [0.3, 0.4) is 0 Å². The van der Waals surface area contributed by atoms with Gasteiger partial charge in [0.05, 0.1) is 55.3 Å². The maximum Gasteiger partial charge on any atom is 0.407 e. The lowest BCUT2D eigenvalue weighted by molar-refractivity contribution is -0.140. The maximum atomic E-state index is 14.5. The van der Waals surface area contributed by atoms with E-state index < -0.39 is 30.3 Å². The van der Waals surface area contributed by atoms with Crippen LogP contribution in [0.2, 0.25) is 0 Å². The summed E-state index contributed by atoms with van der Waals surface area (Å²) in [5, 5.41) is 7.45. The Morgan fingerprint density at radius 3 is 2.41 bits per heavy atom. The van der Waals surface area contributed by atoms with Crippen LogP contribution in [-0.4, -0.2) is 105 Å². The number of ether oxygens (including phenoxy) is 4. The van der Waals surface area contributed by atoms with Gasteiger partial charge in [0, 0.05) is 30.2 Å². The molecule has 0 bridgehead atoms. The first-order valence-electron chi connectivity index (χ1n) is 23.2. The molecule has 3 aromatic carbocycles. The summed E-state index contributed by atoms with van der Waals surface area (Å²) in [6.07, 6.45) is 6.63. The molecule has 16 heteroatoms. The van der Waals surface area contributed by atoms with Crippen molar-refractivity contribution < 1.29 is 38.1 Å². The Bertz CT molecular complexity index is 2620. The molecule has 0 spiro atoms. The molecule has 2 aromatic heterocycles. The molecule has 3 aliphatic heterocycles. The van der Waals surface area contributed by atoms with Crippen molar-refractivity contribution in [2.45, 2.75) is 116 Å². The van der Waals surface area contributed by atoms with Crippen molar-refractivity contribution in [1.29, 1.82) is 0 Å². The highest BCUT2D eigenvalue weighted by atomic mass is 16.5. The lowest BCUT2D eigenvalue weighted by Crippen LogP contribution is -2.54. The van der Waals surface area contributed by atoms with Gasteiger partial charge in [0.25, 0.3) is 0 Å². The summed E-state index contributed by atoms with van der Waals surface area (Å²) in [5.74, 6) is 1.82. The van der Waals surface area contributed by atoms with Crippen molar-refractivity contribution >= 4 is 45.8 Å². The number of hydrogen-bond acceptors (Lipinski definition) is 10. The van der Waals surface area contributed by atoms with Crippen LogP contribution < -0.4 is 15.4 Å².